The van der Waals surface area contributed by atoms with E-state index < -0.39 is 18.0 Å². The van der Waals surface area contributed by atoms with Crippen LogP contribution in [0.2, 0.25) is 0 Å². The standard InChI is InChI=1S/C24H23N3O3S/c1-16-8-12-20(13-9-16)25-22(28)17(2)30-23(29)18-10-14-21(15-11-18)27-24(31)26-19-6-4-3-5-7-19/h3-15,17H,1-2H3,(H,25,28)(H2,26,27,31)/t17-/m1/s1. The van der Waals surface area contributed by atoms with Crippen molar-refractivity contribution in [1.29, 1.82) is 0 Å². The van der Waals surface area contributed by atoms with Crippen LogP contribution in [-0.2, 0) is 9.53 Å². The van der Waals surface area contributed by atoms with E-state index in [2.05, 4.69) is 16.0 Å². The second-order valence-electron chi connectivity index (χ2n) is 6.93. The first-order chi connectivity index (χ1) is 14.9. The molecule has 158 valence electrons. The predicted octanol–water partition coefficient (Wildman–Crippen LogP) is 4.99. The smallest absolute Gasteiger partial charge is 0.338 e. The maximum Gasteiger partial charge on any atom is 0.338 e. The fourth-order valence-electron chi connectivity index (χ4n) is 2.67. The number of anilines is 3. The Morgan fingerprint density at radius 2 is 1.29 bits per heavy atom. The topological polar surface area (TPSA) is 79.5 Å². The molecule has 0 bridgehead atoms. The highest BCUT2D eigenvalue weighted by Gasteiger charge is 2.19. The first kappa shape index (κ1) is 22.0. The minimum Gasteiger partial charge on any atom is -0.449 e. The van der Waals surface area contributed by atoms with Gasteiger partial charge in [0, 0.05) is 17.1 Å². The van der Waals surface area contributed by atoms with Gasteiger partial charge in [-0.1, -0.05) is 35.9 Å². The summed E-state index contributed by atoms with van der Waals surface area (Å²) >= 11 is 5.29. The molecule has 3 aromatic rings. The first-order valence-electron chi connectivity index (χ1n) is 9.72. The summed E-state index contributed by atoms with van der Waals surface area (Å²) in [5.74, 6) is -0.976. The molecule has 6 nitrogen and oxygen atoms in total. The average molecular weight is 434 g/mol. The van der Waals surface area contributed by atoms with Crippen molar-refractivity contribution in [2.24, 2.45) is 0 Å². The number of amides is 1. The lowest BCUT2D eigenvalue weighted by atomic mass is 10.2. The van der Waals surface area contributed by atoms with Crippen molar-refractivity contribution in [3.63, 3.8) is 0 Å². The normalized spacial score (nSPS) is 11.2. The van der Waals surface area contributed by atoms with Crippen LogP contribution in [-0.4, -0.2) is 23.1 Å². The summed E-state index contributed by atoms with van der Waals surface area (Å²) in [6.07, 6.45) is -0.936. The fraction of sp³-hybridized carbons (Fsp3) is 0.125. The quantitative estimate of drug-likeness (QED) is 0.376. The minimum atomic E-state index is -0.936. The maximum atomic E-state index is 12.4. The van der Waals surface area contributed by atoms with Gasteiger partial charge >= 0.3 is 5.97 Å². The molecule has 0 heterocycles. The molecule has 0 aromatic heterocycles. The number of ether oxygens (including phenoxy) is 1. The van der Waals surface area contributed by atoms with E-state index >= 15 is 0 Å². The third-order valence-electron chi connectivity index (χ3n) is 4.38. The monoisotopic (exact) mass is 433 g/mol. The second kappa shape index (κ2) is 10.4. The van der Waals surface area contributed by atoms with Gasteiger partial charge in [0.25, 0.3) is 5.91 Å². The number of benzene rings is 3. The lowest BCUT2D eigenvalue weighted by Gasteiger charge is -2.14. The molecule has 3 rings (SSSR count). The molecule has 0 radical (unpaired) electrons. The molecule has 0 aliphatic heterocycles. The minimum absolute atomic E-state index is 0.336. The Morgan fingerprint density at radius 3 is 1.90 bits per heavy atom. The Balaban J connectivity index is 1.51. The molecule has 0 spiro atoms. The van der Waals surface area contributed by atoms with Crippen LogP contribution in [0.4, 0.5) is 17.1 Å². The third kappa shape index (κ3) is 6.65. The first-order valence-corrected chi connectivity index (χ1v) is 10.1. The summed E-state index contributed by atoms with van der Waals surface area (Å²) in [6.45, 7) is 3.50. The number of carbonyl (C=O) groups is 2. The van der Waals surface area contributed by atoms with Crippen molar-refractivity contribution in [3.8, 4) is 0 Å². The molecular formula is C24H23N3O3S. The van der Waals surface area contributed by atoms with Crippen LogP contribution in [0.15, 0.2) is 78.9 Å². The number of hydrogen-bond acceptors (Lipinski definition) is 4. The highest BCUT2D eigenvalue weighted by Crippen LogP contribution is 2.14. The van der Waals surface area contributed by atoms with Crippen LogP contribution in [0.3, 0.4) is 0 Å². The van der Waals surface area contributed by atoms with E-state index in [0.29, 0.717) is 16.4 Å². The number of aryl methyl sites for hydroxylation is 1. The van der Waals surface area contributed by atoms with Crippen molar-refractivity contribution in [3.05, 3.63) is 90.0 Å². The van der Waals surface area contributed by atoms with Crippen molar-refractivity contribution in [2.75, 3.05) is 16.0 Å². The summed E-state index contributed by atoms with van der Waals surface area (Å²) in [7, 11) is 0. The van der Waals surface area contributed by atoms with E-state index in [0.717, 1.165) is 16.9 Å². The molecular weight excluding hydrogens is 410 g/mol. The Kier molecular flexibility index (Phi) is 7.35. The average Bonchev–Trinajstić information content (AvgIpc) is 2.76. The summed E-state index contributed by atoms with van der Waals surface area (Å²) in [6, 6.07) is 23.6. The Hall–Kier alpha value is -3.71. The number of para-hydroxylation sites is 1. The van der Waals surface area contributed by atoms with E-state index in [1.54, 1.807) is 36.4 Å². The summed E-state index contributed by atoms with van der Waals surface area (Å²) in [5, 5.41) is 9.29. The third-order valence-corrected chi connectivity index (χ3v) is 4.59. The molecule has 1 atom stereocenters. The molecule has 7 heteroatoms. The summed E-state index contributed by atoms with van der Waals surface area (Å²) in [4.78, 5) is 24.6. The van der Waals surface area contributed by atoms with Gasteiger partial charge < -0.3 is 20.7 Å². The van der Waals surface area contributed by atoms with E-state index in [-0.39, 0.29) is 0 Å². The Labute approximate surface area is 186 Å². The van der Waals surface area contributed by atoms with Crippen LogP contribution >= 0.6 is 12.2 Å². The van der Waals surface area contributed by atoms with Crippen LogP contribution < -0.4 is 16.0 Å². The van der Waals surface area contributed by atoms with Crippen LogP contribution in [0, 0.1) is 6.92 Å². The number of nitrogens with one attached hydrogen (secondary N) is 3. The molecule has 3 aromatic carbocycles. The van der Waals surface area contributed by atoms with Gasteiger partial charge in [-0.3, -0.25) is 4.79 Å². The van der Waals surface area contributed by atoms with Crippen molar-refractivity contribution in [1.82, 2.24) is 0 Å². The number of hydrogen-bond donors (Lipinski definition) is 3. The maximum absolute atomic E-state index is 12.4. The van der Waals surface area contributed by atoms with Gasteiger partial charge in [0.05, 0.1) is 5.56 Å². The molecule has 0 aliphatic carbocycles. The highest BCUT2D eigenvalue weighted by atomic mass is 32.1. The molecule has 0 saturated carbocycles. The van der Waals surface area contributed by atoms with Gasteiger partial charge in [0.2, 0.25) is 0 Å². The lowest BCUT2D eigenvalue weighted by Crippen LogP contribution is -2.30. The van der Waals surface area contributed by atoms with Crippen LogP contribution in [0.5, 0.6) is 0 Å². The van der Waals surface area contributed by atoms with E-state index in [9.17, 15) is 9.59 Å². The zero-order valence-corrected chi connectivity index (χ0v) is 18.0. The zero-order chi connectivity index (χ0) is 22.2. The van der Waals surface area contributed by atoms with Gasteiger partial charge in [-0.15, -0.1) is 0 Å². The van der Waals surface area contributed by atoms with Crippen molar-refractivity contribution >= 4 is 46.3 Å². The molecule has 3 N–H and O–H groups in total. The largest absolute Gasteiger partial charge is 0.449 e. The highest BCUT2D eigenvalue weighted by molar-refractivity contribution is 7.80. The number of esters is 1. The Bertz CT molecular complexity index is 1050. The van der Waals surface area contributed by atoms with Crippen LogP contribution in [0.25, 0.3) is 0 Å². The van der Waals surface area contributed by atoms with Gasteiger partial charge in [-0.25, -0.2) is 4.79 Å². The SMILES string of the molecule is Cc1ccc(NC(=O)[C@@H](C)OC(=O)c2ccc(NC(=S)Nc3ccccc3)cc2)cc1. The molecule has 31 heavy (non-hydrogen) atoms. The van der Waals surface area contributed by atoms with Gasteiger partial charge in [-0.05, 0) is 74.6 Å². The molecule has 1 amide bonds. The van der Waals surface area contributed by atoms with E-state index in [1.807, 2.05) is 49.4 Å². The molecule has 0 unspecified atom stereocenters. The number of carbonyl (C=O) groups excluding carboxylic acids is 2. The van der Waals surface area contributed by atoms with Gasteiger partial charge in [0.15, 0.2) is 11.2 Å². The lowest BCUT2D eigenvalue weighted by molar-refractivity contribution is -0.123. The van der Waals surface area contributed by atoms with Crippen molar-refractivity contribution < 1.29 is 14.3 Å². The summed E-state index contributed by atoms with van der Waals surface area (Å²) < 4.78 is 5.28. The number of rotatable bonds is 6. The molecule has 0 aliphatic rings. The van der Waals surface area contributed by atoms with Gasteiger partial charge in [0.1, 0.15) is 0 Å². The van der Waals surface area contributed by atoms with E-state index in [4.69, 9.17) is 17.0 Å². The molecule has 0 fully saturated rings. The van der Waals surface area contributed by atoms with Crippen molar-refractivity contribution in [2.45, 2.75) is 20.0 Å². The second-order valence-corrected chi connectivity index (χ2v) is 7.33. The fourth-order valence-corrected chi connectivity index (χ4v) is 2.90. The van der Waals surface area contributed by atoms with Gasteiger partial charge in [-0.2, -0.15) is 0 Å². The zero-order valence-electron chi connectivity index (χ0n) is 17.2. The molecule has 0 saturated heterocycles. The Morgan fingerprint density at radius 1 is 0.774 bits per heavy atom. The number of thiocarbonyl (C=S) groups is 1. The summed E-state index contributed by atoms with van der Waals surface area (Å²) in [5.41, 5.74) is 3.66. The van der Waals surface area contributed by atoms with E-state index in [1.165, 1.54) is 6.92 Å². The van der Waals surface area contributed by atoms with Crippen LogP contribution in [0.1, 0.15) is 22.8 Å². The predicted molar refractivity (Wildman–Crippen MR) is 127 cm³/mol.